The van der Waals surface area contributed by atoms with Gasteiger partial charge in [-0.05, 0) is 48.5 Å². The maximum atomic E-state index is 12.9. The van der Waals surface area contributed by atoms with Gasteiger partial charge in [0.25, 0.3) is 0 Å². The van der Waals surface area contributed by atoms with Crippen LogP contribution in [0.3, 0.4) is 0 Å². The van der Waals surface area contributed by atoms with Gasteiger partial charge >= 0.3 is 0 Å². The number of ether oxygens (including phenoxy) is 3. The molecule has 0 saturated heterocycles. The maximum Gasteiger partial charge on any atom is 0.234 e. The molecule has 0 atom stereocenters. The van der Waals surface area contributed by atoms with Crippen LogP contribution in [0.4, 0.5) is 4.39 Å². The smallest absolute Gasteiger partial charge is 0.234 e. The Hall–Kier alpha value is -3.20. The van der Waals surface area contributed by atoms with E-state index in [-0.39, 0.29) is 12.4 Å². The molecule has 2 heterocycles. The standard InChI is InChI=1S/C18H15FN4O3S/c1-24-13-6-8-15(9-7-13)26-11-17-22-23-16(20-21-18(23)27-17)10-25-14-4-2-12(19)3-5-14/h2-9H,10-11H2,1H3. The van der Waals surface area contributed by atoms with Gasteiger partial charge in [-0.3, -0.25) is 0 Å². The molecule has 2 aromatic heterocycles. The molecule has 0 fully saturated rings. The second-order valence-corrected chi connectivity index (χ2v) is 6.55. The van der Waals surface area contributed by atoms with Crippen molar-refractivity contribution in [2.24, 2.45) is 0 Å². The number of rotatable bonds is 7. The van der Waals surface area contributed by atoms with Crippen molar-refractivity contribution in [3.8, 4) is 17.2 Å². The number of methoxy groups -OCH3 is 1. The third-order valence-electron chi connectivity index (χ3n) is 3.70. The molecule has 0 N–H and O–H groups in total. The quantitative estimate of drug-likeness (QED) is 0.484. The lowest BCUT2D eigenvalue weighted by molar-refractivity contribution is 0.289. The predicted molar refractivity (Wildman–Crippen MR) is 96.7 cm³/mol. The largest absolute Gasteiger partial charge is 0.497 e. The predicted octanol–water partition coefficient (Wildman–Crippen LogP) is 3.49. The summed E-state index contributed by atoms with van der Waals surface area (Å²) in [6, 6.07) is 13.1. The van der Waals surface area contributed by atoms with Crippen molar-refractivity contribution in [3.63, 3.8) is 0 Å². The third-order valence-corrected chi connectivity index (χ3v) is 4.57. The maximum absolute atomic E-state index is 12.9. The second-order valence-electron chi connectivity index (χ2n) is 5.51. The van der Waals surface area contributed by atoms with E-state index >= 15 is 0 Å². The first-order chi connectivity index (χ1) is 13.2. The number of nitrogens with zero attached hydrogens (tertiary/aromatic N) is 4. The zero-order valence-corrected chi connectivity index (χ0v) is 15.1. The molecule has 0 aliphatic carbocycles. The summed E-state index contributed by atoms with van der Waals surface area (Å²) in [4.78, 5) is 0.654. The number of hydrogen-bond donors (Lipinski definition) is 0. The van der Waals surface area contributed by atoms with Crippen LogP contribution >= 0.6 is 11.3 Å². The van der Waals surface area contributed by atoms with Gasteiger partial charge in [0.05, 0.1) is 7.11 Å². The highest BCUT2D eigenvalue weighted by atomic mass is 32.1. The molecule has 27 heavy (non-hydrogen) atoms. The van der Waals surface area contributed by atoms with E-state index in [4.69, 9.17) is 14.2 Å². The van der Waals surface area contributed by atoms with E-state index in [0.29, 0.717) is 23.1 Å². The van der Waals surface area contributed by atoms with E-state index in [0.717, 1.165) is 16.5 Å². The lowest BCUT2D eigenvalue weighted by atomic mass is 10.3. The minimum absolute atomic E-state index is 0.176. The van der Waals surface area contributed by atoms with E-state index in [2.05, 4.69) is 15.3 Å². The van der Waals surface area contributed by atoms with Gasteiger partial charge in [-0.25, -0.2) is 4.39 Å². The molecule has 4 aromatic rings. The van der Waals surface area contributed by atoms with Crippen LogP contribution in [0.2, 0.25) is 0 Å². The van der Waals surface area contributed by atoms with E-state index in [1.54, 1.807) is 23.8 Å². The second kappa shape index (κ2) is 7.58. The molecule has 0 amide bonds. The fourth-order valence-corrected chi connectivity index (χ4v) is 3.11. The number of benzene rings is 2. The summed E-state index contributed by atoms with van der Waals surface area (Å²) >= 11 is 1.39. The monoisotopic (exact) mass is 386 g/mol. The highest BCUT2D eigenvalue weighted by Gasteiger charge is 2.13. The Bertz CT molecular complexity index is 1030. The summed E-state index contributed by atoms with van der Waals surface area (Å²) in [5.74, 6) is 2.29. The molecule has 0 bridgehead atoms. The van der Waals surface area contributed by atoms with E-state index in [9.17, 15) is 4.39 Å². The highest BCUT2D eigenvalue weighted by Crippen LogP contribution is 2.20. The molecule has 9 heteroatoms. The van der Waals surface area contributed by atoms with Crippen molar-refractivity contribution in [2.75, 3.05) is 7.11 Å². The summed E-state index contributed by atoms with van der Waals surface area (Å²) in [5, 5.41) is 13.4. The van der Waals surface area contributed by atoms with Crippen LogP contribution in [0, 0.1) is 5.82 Å². The van der Waals surface area contributed by atoms with Gasteiger partial charge in [0.15, 0.2) is 10.8 Å². The van der Waals surface area contributed by atoms with Crippen LogP contribution in [0.25, 0.3) is 4.96 Å². The van der Waals surface area contributed by atoms with Crippen molar-refractivity contribution in [1.29, 1.82) is 0 Å². The first-order valence-electron chi connectivity index (χ1n) is 8.06. The van der Waals surface area contributed by atoms with Gasteiger partial charge in [0.1, 0.15) is 36.3 Å². The minimum atomic E-state index is -0.312. The highest BCUT2D eigenvalue weighted by molar-refractivity contribution is 7.16. The normalized spacial score (nSPS) is 10.9. The lowest BCUT2D eigenvalue weighted by Gasteiger charge is -2.05. The Balaban J connectivity index is 1.41. The molecule has 0 aliphatic rings. The first-order valence-corrected chi connectivity index (χ1v) is 8.88. The minimum Gasteiger partial charge on any atom is -0.497 e. The van der Waals surface area contributed by atoms with Crippen molar-refractivity contribution in [2.45, 2.75) is 13.2 Å². The van der Waals surface area contributed by atoms with E-state index in [1.807, 2.05) is 24.3 Å². The van der Waals surface area contributed by atoms with Crippen molar-refractivity contribution < 1.29 is 18.6 Å². The molecule has 2 aromatic carbocycles. The molecule has 0 unspecified atom stereocenters. The summed E-state index contributed by atoms with van der Waals surface area (Å²) in [5.41, 5.74) is 0. The molecule has 7 nitrogen and oxygen atoms in total. The van der Waals surface area contributed by atoms with Crippen LogP contribution in [-0.4, -0.2) is 26.9 Å². The van der Waals surface area contributed by atoms with E-state index in [1.165, 1.54) is 23.5 Å². The van der Waals surface area contributed by atoms with Crippen LogP contribution in [0.1, 0.15) is 10.8 Å². The Labute approximate surface area is 158 Å². The van der Waals surface area contributed by atoms with E-state index < -0.39 is 0 Å². The van der Waals surface area contributed by atoms with Crippen LogP contribution < -0.4 is 14.2 Å². The number of halogens is 1. The molecular weight excluding hydrogens is 371 g/mol. The average molecular weight is 386 g/mol. The number of aromatic nitrogens is 4. The summed E-state index contributed by atoms with van der Waals surface area (Å²) in [7, 11) is 1.62. The van der Waals surface area contributed by atoms with Crippen molar-refractivity contribution in [1.82, 2.24) is 19.8 Å². The fourth-order valence-electron chi connectivity index (χ4n) is 2.34. The SMILES string of the molecule is COc1ccc(OCc2nn3c(COc4ccc(F)cc4)nnc3s2)cc1. The van der Waals surface area contributed by atoms with Gasteiger partial charge in [-0.1, -0.05) is 11.3 Å². The molecule has 4 rings (SSSR count). The number of fused-ring (bicyclic) bond motifs is 1. The van der Waals surface area contributed by atoms with Gasteiger partial charge in [-0.15, -0.1) is 10.2 Å². The average Bonchev–Trinajstić information content (AvgIpc) is 3.27. The van der Waals surface area contributed by atoms with Crippen molar-refractivity contribution in [3.05, 3.63) is 65.2 Å². The fraction of sp³-hybridized carbons (Fsp3) is 0.167. The summed E-state index contributed by atoms with van der Waals surface area (Å²) in [6.45, 7) is 0.494. The Morgan fingerprint density at radius 3 is 2.22 bits per heavy atom. The third kappa shape index (κ3) is 3.98. The molecular formula is C18H15FN4O3S. The first kappa shape index (κ1) is 17.2. The molecule has 0 spiro atoms. The lowest BCUT2D eigenvalue weighted by Crippen LogP contribution is -2.03. The molecule has 0 aliphatic heterocycles. The van der Waals surface area contributed by atoms with Crippen LogP contribution in [0.15, 0.2) is 48.5 Å². The van der Waals surface area contributed by atoms with Gasteiger partial charge in [-0.2, -0.15) is 9.61 Å². The molecule has 0 radical (unpaired) electrons. The summed E-state index contributed by atoms with van der Waals surface area (Å²) < 4.78 is 31.0. The Kier molecular flexibility index (Phi) is 4.84. The topological polar surface area (TPSA) is 70.8 Å². The number of hydrogen-bond acceptors (Lipinski definition) is 7. The summed E-state index contributed by atoms with van der Waals surface area (Å²) in [6.07, 6.45) is 0. The van der Waals surface area contributed by atoms with Crippen molar-refractivity contribution >= 4 is 16.3 Å². The Morgan fingerprint density at radius 2 is 1.52 bits per heavy atom. The van der Waals surface area contributed by atoms with Crippen LogP contribution in [0.5, 0.6) is 17.2 Å². The molecule has 0 saturated carbocycles. The zero-order valence-electron chi connectivity index (χ0n) is 14.3. The zero-order chi connectivity index (χ0) is 18.6. The van der Waals surface area contributed by atoms with Gasteiger partial charge in [0.2, 0.25) is 4.96 Å². The molecule has 138 valence electrons. The Morgan fingerprint density at radius 1 is 0.889 bits per heavy atom. The van der Waals surface area contributed by atoms with Crippen LogP contribution in [-0.2, 0) is 13.2 Å². The van der Waals surface area contributed by atoms with Gasteiger partial charge < -0.3 is 14.2 Å². The van der Waals surface area contributed by atoms with Gasteiger partial charge in [0, 0.05) is 0 Å².